The molecule has 1 amide bonds. The monoisotopic (exact) mass is 361 g/mol. The number of benzene rings is 1. The highest BCUT2D eigenvalue weighted by molar-refractivity contribution is 5.96. The maximum absolute atomic E-state index is 13.4. The highest BCUT2D eigenvalue weighted by Gasteiger charge is 2.18. The van der Waals surface area contributed by atoms with Crippen LogP contribution in [-0.2, 0) is 0 Å². The van der Waals surface area contributed by atoms with E-state index in [1.54, 1.807) is 48.2 Å². The van der Waals surface area contributed by atoms with Gasteiger partial charge in [0.15, 0.2) is 0 Å². The predicted octanol–water partition coefficient (Wildman–Crippen LogP) is 3.14. The van der Waals surface area contributed by atoms with Crippen molar-refractivity contribution in [1.82, 2.24) is 19.9 Å². The largest absolute Gasteiger partial charge is 0.384 e. The Kier molecular flexibility index (Phi) is 4.04. The van der Waals surface area contributed by atoms with Crippen LogP contribution in [0.3, 0.4) is 0 Å². The zero-order valence-corrected chi connectivity index (χ0v) is 14.5. The predicted molar refractivity (Wildman–Crippen MR) is 102 cm³/mol. The topological polar surface area (TPSA) is 85.3 Å². The molecule has 0 spiro atoms. The van der Waals surface area contributed by atoms with E-state index in [9.17, 15) is 9.18 Å². The van der Waals surface area contributed by atoms with Gasteiger partial charge in [0.1, 0.15) is 17.3 Å². The Bertz CT molecular complexity index is 1150. The highest BCUT2D eigenvalue weighted by atomic mass is 19.1. The van der Waals surface area contributed by atoms with Crippen molar-refractivity contribution >= 4 is 17.2 Å². The Balaban J connectivity index is 2.00. The van der Waals surface area contributed by atoms with E-state index in [-0.39, 0.29) is 11.7 Å². The van der Waals surface area contributed by atoms with E-state index < -0.39 is 0 Å². The number of hydrogen-bond acceptors (Lipinski definition) is 4. The number of carbonyl (C=O) groups is 1. The van der Waals surface area contributed by atoms with Gasteiger partial charge in [-0.15, -0.1) is 0 Å². The summed E-state index contributed by atoms with van der Waals surface area (Å²) in [6.45, 7) is 0. The van der Waals surface area contributed by atoms with Gasteiger partial charge in [0.2, 0.25) is 0 Å². The van der Waals surface area contributed by atoms with Crippen molar-refractivity contribution in [1.29, 1.82) is 0 Å². The second-order valence-electron chi connectivity index (χ2n) is 6.03. The third kappa shape index (κ3) is 2.99. The lowest BCUT2D eigenvalue weighted by Crippen LogP contribution is -2.18. The van der Waals surface area contributed by atoms with Crippen molar-refractivity contribution in [3.8, 4) is 22.4 Å². The molecule has 134 valence electrons. The number of pyridine rings is 2. The quantitative estimate of drug-likeness (QED) is 0.587. The van der Waals surface area contributed by atoms with Crippen molar-refractivity contribution in [2.24, 2.45) is 0 Å². The van der Waals surface area contributed by atoms with E-state index in [1.807, 2.05) is 12.1 Å². The number of aromatic nitrogens is 3. The SMILES string of the molecule is CNC(=O)c1ccc2c(-c3ccnc(N)c3)c(-c3ccc(F)cc3)nn2c1. The van der Waals surface area contributed by atoms with Gasteiger partial charge < -0.3 is 11.1 Å². The molecule has 0 saturated carbocycles. The number of hydrogen-bond donors (Lipinski definition) is 2. The second kappa shape index (κ2) is 6.53. The van der Waals surface area contributed by atoms with Crippen molar-refractivity contribution in [3.05, 3.63) is 72.3 Å². The van der Waals surface area contributed by atoms with Crippen LogP contribution in [0.25, 0.3) is 27.9 Å². The van der Waals surface area contributed by atoms with Gasteiger partial charge in [0.05, 0.1) is 11.1 Å². The van der Waals surface area contributed by atoms with Crippen LogP contribution < -0.4 is 11.1 Å². The molecule has 3 heterocycles. The average Bonchev–Trinajstić information content (AvgIpc) is 3.06. The molecule has 4 rings (SSSR count). The van der Waals surface area contributed by atoms with E-state index in [2.05, 4.69) is 15.4 Å². The fraction of sp³-hybridized carbons (Fsp3) is 0.0500. The standard InChI is InChI=1S/C20H16FN5O/c1-23-20(27)14-4-7-16-18(13-8-9-24-17(22)10-13)19(25-26(16)11-14)12-2-5-15(21)6-3-12/h2-11H,1H3,(H2,22,24)(H,23,27). The lowest BCUT2D eigenvalue weighted by atomic mass is 10.0. The Morgan fingerprint density at radius 3 is 2.59 bits per heavy atom. The van der Waals surface area contributed by atoms with Crippen LogP contribution in [0.5, 0.6) is 0 Å². The molecule has 0 aliphatic heterocycles. The van der Waals surface area contributed by atoms with Crippen LogP contribution in [0.1, 0.15) is 10.4 Å². The first-order valence-electron chi connectivity index (χ1n) is 8.29. The third-order valence-electron chi connectivity index (χ3n) is 4.31. The minimum absolute atomic E-state index is 0.203. The fourth-order valence-electron chi connectivity index (χ4n) is 3.03. The van der Waals surface area contributed by atoms with Crippen LogP contribution in [0, 0.1) is 5.82 Å². The van der Waals surface area contributed by atoms with Gasteiger partial charge in [0, 0.05) is 30.6 Å². The van der Waals surface area contributed by atoms with Crippen molar-refractivity contribution < 1.29 is 9.18 Å². The van der Waals surface area contributed by atoms with Gasteiger partial charge in [-0.1, -0.05) is 0 Å². The second-order valence-corrected chi connectivity index (χ2v) is 6.03. The van der Waals surface area contributed by atoms with E-state index in [4.69, 9.17) is 5.73 Å². The molecule has 3 aromatic heterocycles. The van der Waals surface area contributed by atoms with Crippen molar-refractivity contribution in [2.45, 2.75) is 0 Å². The number of nitrogens with one attached hydrogen (secondary N) is 1. The van der Waals surface area contributed by atoms with Crippen LogP contribution in [0.2, 0.25) is 0 Å². The zero-order valence-electron chi connectivity index (χ0n) is 14.5. The normalized spacial score (nSPS) is 10.9. The molecule has 27 heavy (non-hydrogen) atoms. The Morgan fingerprint density at radius 2 is 1.89 bits per heavy atom. The number of fused-ring (bicyclic) bond motifs is 1. The summed E-state index contributed by atoms with van der Waals surface area (Å²) in [5.74, 6) is -0.136. The van der Waals surface area contributed by atoms with Crippen molar-refractivity contribution in [3.63, 3.8) is 0 Å². The lowest BCUT2D eigenvalue weighted by Gasteiger charge is -2.05. The van der Waals surface area contributed by atoms with E-state index >= 15 is 0 Å². The Labute approximate surface area is 154 Å². The van der Waals surface area contributed by atoms with Gasteiger partial charge in [0.25, 0.3) is 5.91 Å². The summed E-state index contributed by atoms with van der Waals surface area (Å²) >= 11 is 0. The zero-order chi connectivity index (χ0) is 19.0. The summed E-state index contributed by atoms with van der Waals surface area (Å²) in [5.41, 5.74) is 10.2. The molecule has 3 N–H and O–H groups in total. The first-order valence-corrected chi connectivity index (χ1v) is 8.29. The molecule has 0 aliphatic rings. The van der Waals surface area contributed by atoms with Crippen molar-refractivity contribution in [2.75, 3.05) is 12.8 Å². The minimum atomic E-state index is -0.320. The summed E-state index contributed by atoms with van der Waals surface area (Å²) in [5, 5.41) is 7.25. The number of anilines is 1. The number of halogens is 1. The molecule has 7 heteroatoms. The summed E-state index contributed by atoms with van der Waals surface area (Å²) in [4.78, 5) is 16.0. The third-order valence-corrected chi connectivity index (χ3v) is 4.31. The number of carbonyl (C=O) groups excluding carboxylic acids is 1. The van der Waals surface area contributed by atoms with Gasteiger partial charge in [-0.3, -0.25) is 4.79 Å². The molecule has 0 atom stereocenters. The van der Waals surface area contributed by atoms with E-state index in [1.165, 1.54) is 12.1 Å². The number of nitrogens with two attached hydrogens (primary N) is 1. The summed E-state index contributed by atoms with van der Waals surface area (Å²) in [7, 11) is 1.57. The Morgan fingerprint density at radius 1 is 1.11 bits per heavy atom. The molecule has 4 aromatic rings. The van der Waals surface area contributed by atoms with E-state index in [0.29, 0.717) is 17.1 Å². The van der Waals surface area contributed by atoms with E-state index in [0.717, 1.165) is 22.2 Å². The molecule has 1 aromatic carbocycles. The maximum Gasteiger partial charge on any atom is 0.252 e. The molecule has 0 unspecified atom stereocenters. The number of amides is 1. The van der Waals surface area contributed by atoms with Gasteiger partial charge in [-0.25, -0.2) is 13.9 Å². The first-order chi connectivity index (χ1) is 13.1. The van der Waals surface area contributed by atoms with Gasteiger partial charge in [-0.05, 0) is 54.1 Å². The Hall–Kier alpha value is -3.74. The molecule has 0 bridgehead atoms. The average molecular weight is 361 g/mol. The molecular weight excluding hydrogens is 345 g/mol. The van der Waals surface area contributed by atoms with Gasteiger partial charge >= 0.3 is 0 Å². The number of nitrogens with zero attached hydrogens (tertiary/aromatic N) is 3. The molecule has 0 fully saturated rings. The van der Waals surface area contributed by atoms with Gasteiger partial charge in [-0.2, -0.15) is 5.10 Å². The van der Waals surface area contributed by atoms with Crippen LogP contribution in [0.15, 0.2) is 60.9 Å². The smallest absolute Gasteiger partial charge is 0.252 e. The molecule has 6 nitrogen and oxygen atoms in total. The first kappa shape index (κ1) is 16.7. The summed E-state index contributed by atoms with van der Waals surface area (Å²) < 4.78 is 15.0. The number of rotatable bonds is 3. The maximum atomic E-state index is 13.4. The molecule has 0 aliphatic carbocycles. The molecular formula is C20H16FN5O. The van der Waals surface area contributed by atoms with Crippen LogP contribution >= 0.6 is 0 Å². The lowest BCUT2D eigenvalue weighted by molar-refractivity contribution is 0.0962. The van der Waals surface area contributed by atoms with Crippen LogP contribution in [0.4, 0.5) is 10.2 Å². The number of nitrogen functional groups attached to an aromatic ring is 1. The highest BCUT2D eigenvalue weighted by Crippen LogP contribution is 2.35. The summed E-state index contributed by atoms with van der Waals surface area (Å²) in [6.07, 6.45) is 3.29. The summed E-state index contributed by atoms with van der Waals surface area (Å²) in [6, 6.07) is 13.3. The minimum Gasteiger partial charge on any atom is -0.384 e. The van der Waals surface area contributed by atoms with Crippen LogP contribution in [-0.4, -0.2) is 27.6 Å². The molecule has 0 radical (unpaired) electrons. The fourth-order valence-corrected chi connectivity index (χ4v) is 3.03. The molecule has 0 saturated heterocycles.